The first kappa shape index (κ1) is 14.7. The quantitative estimate of drug-likeness (QED) is 0.755. The van der Waals surface area contributed by atoms with Crippen molar-refractivity contribution < 1.29 is 21.6 Å². The van der Waals surface area contributed by atoms with E-state index in [1.54, 1.807) is 7.05 Å². The van der Waals surface area contributed by atoms with Crippen molar-refractivity contribution in [1.82, 2.24) is 9.62 Å². The molecular formula is C9H17F3N2O2S. The molecule has 102 valence electrons. The monoisotopic (exact) mass is 274 g/mol. The van der Waals surface area contributed by atoms with Gasteiger partial charge in [0.1, 0.15) is 0 Å². The SMILES string of the molecule is CNCCCS(=O)(=O)N1CCC(C(F)(F)F)C1. The fraction of sp³-hybridized carbons (Fsp3) is 1.00. The molecule has 1 unspecified atom stereocenters. The Balaban J connectivity index is 2.52. The zero-order valence-electron chi connectivity index (χ0n) is 9.63. The van der Waals surface area contributed by atoms with Crippen LogP contribution in [-0.4, -0.2) is 51.3 Å². The Morgan fingerprint density at radius 2 is 2.06 bits per heavy atom. The highest BCUT2D eigenvalue weighted by Crippen LogP contribution is 2.34. The molecule has 0 radical (unpaired) electrons. The van der Waals surface area contributed by atoms with Crippen LogP contribution in [0, 0.1) is 5.92 Å². The minimum absolute atomic E-state index is 0.0218. The van der Waals surface area contributed by atoms with Crippen LogP contribution in [0.1, 0.15) is 12.8 Å². The summed E-state index contributed by atoms with van der Waals surface area (Å²) in [7, 11) is -1.84. The lowest BCUT2D eigenvalue weighted by molar-refractivity contribution is -0.169. The second-order valence-corrected chi connectivity index (χ2v) is 6.25. The van der Waals surface area contributed by atoms with Crippen molar-refractivity contribution in [1.29, 1.82) is 0 Å². The Labute approximate surface area is 99.2 Å². The van der Waals surface area contributed by atoms with E-state index in [2.05, 4.69) is 5.32 Å². The first-order valence-corrected chi connectivity index (χ1v) is 7.07. The maximum absolute atomic E-state index is 12.4. The Kier molecular flexibility index (Phi) is 4.79. The van der Waals surface area contributed by atoms with Crippen LogP contribution in [0.4, 0.5) is 13.2 Å². The summed E-state index contributed by atoms with van der Waals surface area (Å²) in [6.45, 7) is 0.0905. The fourth-order valence-corrected chi connectivity index (χ4v) is 3.37. The van der Waals surface area contributed by atoms with Gasteiger partial charge < -0.3 is 5.32 Å². The van der Waals surface area contributed by atoms with Gasteiger partial charge in [-0.2, -0.15) is 13.2 Å². The third-order valence-corrected chi connectivity index (χ3v) is 4.76. The molecule has 0 aromatic carbocycles. The average Bonchev–Trinajstić information content (AvgIpc) is 2.66. The number of rotatable bonds is 5. The number of hydrogen-bond acceptors (Lipinski definition) is 3. The fourth-order valence-electron chi connectivity index (χ4n) is 1.81. The molecule has 1 fully saturated rings. The summed E-state index contributed by atoms with van der Waals surface area (Å²) >= 11 is 0. The highest BCUT2D eigenvalue weighted by atomic mass is 32.2. The summed E-state index contributed by atoms with van der Waals surface area (Å²) in [4.78, 5) is 0. The van der Waals surface area contributed by atoms with E-state index in [9.17, 15) is 21.6 Å². The molecular weight excluding hydrogens is 257 g/mol. The molecule has 1 heterocycles. The zero-order chi connectivity index (χ0) is 13.1. The first-order chi connectivity index (χ1) is 7.77. The van der Waals surface area contributed by atoms with Crippen molar-refractivity contribution in [3.8, 4) is 0 Å². The van der Waals surface area contributed by atoms with E-state index in [0.29, 0.717) is 13.0 Å². The Morgan fingerprint density at radius 3 is 2.53 bits per heavy atom. The molecule has 1 rings (SSSR count). The summed E-state index contributed by atoms with van der Waals surface area (Å²) in [6.07, 6.45) is -4.02. The van der Waals surface area contributed by atoms with Crippen molar-refractivity contribution in [3.63, 3.8) is 0 Å². The van der Waals surface area contributed by atoms with Gasteiger partial charge in [0.05, 0.1) is 11.7 Å². The molecule has 17 heavy (non-hydrogen) atoms. The molecule has 0 aliphatic carbocycles. The molecule has 1 N–H and O–H groups in total. The van der Waals surface area contributed by atoms with E-state index in [0.717, 1.165) is 4.31 Å². The van der Waals surface area contributed by atoms with E-state index in [1.807, 2.05) is 0 Å². The minimum atomic E-state index is -4.30. The number of alkyl halides is 3. The molecule has 0 bridgehead atoms. The smallest absolute Gasteiger partial charge is 0.320 e. The molecule has 0 aromatic rings. The van der Waals surface area contributed by atoms with E-state index < -0.39 is 28.7 Å². The van der Waals surface area contributed by atoms with Crippen LogP contribution in [0.15, 0.2) is 0 Å². The summed E-state index contributed by atoms with van der Waals surface area (Å²) in [5.41, 5.74) is 0. The molecule has 0 spiro atoms. The summed E-state index contributed by atoms with van der Waals surface area (Å²) in [6, 6.07) is 0. The summed E-state index contributed by atoms with van der Waals surface area (Å²) in [5, 5.41) is 2.80. The van der Waals surface area contributed by atoms with Gasteiger partial charge in [-0.1, -0.05) is 0 Å². The highest BCUT2D eigenvalue weighted by Gasteiger charge is 2.45. The second kappa shape index (κ2) is 5.53. The van der Waals surface area contributed by atoms with Crippen LogP contribution in [-0.2, 0) is 10.0 Å². The maximum Gasteiger partial charge on any atom is 0.393 e. The van der Waals surface area contributed by atoms with Crippen molar-refractivity contribution in [3.05, 3.63) is 0 Å². The van der Waals surface area contributed by atoms with Crippen molar-refractivity contribution >= 4 is 10.0 Å². The van der Waals surface area contributed by atoms with Crippen LogP contribution in [0.5, 0.6) is 0 Å². The third kappa shape index (κ3) is 4.11. The molecule has 1 atom stereocenters. The number of halogens is 3. The van der Waals surface area contributed by atoms with Gasteiger partial charge in [-0.05, 0) is 26.4 Å². The number of sulfonamides is 1. The van der Waals surface area contributed by atoms with Crippen LogP contribution in [0.2, 0.25) is 0 Å². The average molecular weight is 274 g/mol. The predicted octanol–water partition coefficient (Wildman–Crippen LogP) is 0.810. The first-order valence-electron chi connectivity index (χ1n) is 5.46. The highest BCUT2D eigenvalue weighted by molar-refractivity contribution is 7.89. The molecule has 1 aliphatic heterocycles. The van der Waals surface area contributed by atoms with Crippen molar-refractivity contribution in [2.45, 2.75) is 19.0 Å². The lowest BCUT2D eigenvalue weighted by atomic mass is 10.1. The van der Waals surface area contributed by atoms with Crippen LogP contribution >= 0.6 is 0 Å². The molecule has 4 nitrogen and oxygen atoms in total. The van der Waals surface area contributed by atoms with Crippen LogP contribution in [0.3, 0.4) is 0 Å². The minimum Gasteiger partial charge on any atom is -0.320 e. The predicted molar refractivity (Wildman–Crippen MR) is 58.1 cm³/mol. The third-order valence-electron chi connectivity index (χ3n) is 2.84. The summed E-state index contributed by atoms with van der Waals surface area (Å²) < 4.78 is 61.6. The number of nitrogens with zero attached hydrogens (tertiary/aromatic N) is 1. The zero-order valence-corrected chi connectivity index (χ0v) is 10.4. The van der Waals surface area contributed by atoms with E-state index in [1.165, 1.54) is 0 Å². The van der Waals surface area contributed by atoms with Gasteiger partial charge in [0, 0.05) is 13.1 Å². The van der Waals surface area contributed by atoms with Gasteiger partial charge >= 0.3 is 6.18 Å². The van der Waals surface area contributed by atoms with Crippen molar-refractivity contribution in [2.75, 3.05) is 32.4 Å². The Hall–Kier alpha value is -0.340. The Morgan fingerprint density at radius 1 is 1.41 bits per heavy atom. The molecule has 0 amide bonds. The molecule has 8 heteroatoms. The molecule has 0 aromatic heterocycles. The van der Waals surface area contributed by atoms with Crippen LogP contribution < -0.4 is 5.32 Å². The molecule has 1 aliphatic rings. The second-order valence-electron chi connectivity index (χ2n) is 4.16. The van der Waals surface area contributed by atoms with Gasteiger partial charge in [0.2, 0.25) is 10.0 Å². The summed E-state index contributed by atoms with van der Waals surface area (Å²) in [5.74, 6) is -1.61. The van der Waals surface area contributed by atoms with E-state index in [4.69, 9.17) is 0 Å². The normalized spacial score (nSPS) is 23.2. The van der Waals surface area contributed by atoms with Gasteiger partial charge in [0.15, 0.2) is 0 Å². The lowest BCUT2D eigenvalue weighted by Gasteiger charge is -2.17. The van der Waals surface area contributed by atoms with Gasteiger partial charge in [-0.3, -0.25) is 0 Å². The van der Waals surface area contributed by atoms with Crippen LogP contribution in [0.25, 0.3) is 0 Å². The topological polar surface area (TPSA) is 49.4 Å². The number of hydrogen-bond donors (Lipinski definition) is 1. The molecule has 1 saturated heterocycles. The van der Waals surface area contributed by atoms with Gasteiger partial charge in [-0.25, -0.2) is 12.7 Å². The maximum atomic E-state index is 12.4. The largest absolute Gasteiger partial charge is 0.393 e. The molecule has 0 saturated carbocycles. The standard InChI is InChI=1S/C9H17F3N2O2S/c1-13-4-2-6-17(15,16)14-5-3-8(7-14)9(10,11)12/h8,13H,2-7H2,1H3. The van der Waals surface area contributed by atoms with Gasteiger partial charge in [0.25, 0.3) is 0 Å². The lowest BCUT2D eigenvalue weighted by Crippen LogP contribution is -2.34. The van der Waals surface area contributed by atoms with E-state index in [-0.39, 0.29) is 18.7 Å². The van der Waals surface area contributed by atoms with Crippen molar-refractivity contribution in [2.24, 2.45) is 5.92 Å². The number of nitrogens with one attached hydrogen (secondary N) is 1. The van der Waals surface area contributed by atoms with Gasteiger partial charge in [-0.15, -0.1) is 0 Å². The van der Waals surface area contributed by atoms with E-state index >= 15 is 0 Å². The Bertz CT molecular complexity index is 343.